The summed E-state index contributed by atoms with van der Waals surface area (Å²) >= 11 is 0. The Balaban J connectivity index is 2.53. The number of carbonyl (C=O) groups excluding carboxylic acids is 1. The number of hydrogen-bond donors (Lipinski definition) is 2. The Morgan fingerprint density at radius 2 is 2.11 bits per heavy atom. The van der Waals surface area contributed by atoms with Crippen molar-refractivity contribution in [1.82, 2.24) is 5.32 Å². The average Bonchev–Trinajstić information content (AvgIpc) is 2.35. The van der Waals surface area contributed by atoms with E-state index >= 15 is 0 Å². The zero-order valence-electron chi connectivity index (χ0n) is 10.5. The van der Waals surface area contributed by atoms with Gasteiger partial charge in [0.2, 0.25) is 5.91 Å². The first kappa shape index (κ1) is 15.1. The molecule has 0 fully saturated rings. The lowest BCUT2D eigenvalue weighted by Crippen LogP contribution is -2.42. The smallest absolute Gasteiger partial charge is 0.405 e. The Kier molecular flexibility index (Phi) is 5.02. The second-order valence-corrected chi connectivity index (χ2v) is 3.93. The Morgan fingerprint density at radius 3 is 2.68 bits per heavy atom. The van der Waals surface area contributed by atoms with Gasteiger partial charge in [-0.1, -0.05) is 6.07 Å². The number of benzene rings is 1. The fraction of sp³-hybridized carbons (Fsp3) is 0.417. The van der Waals surface area contributed by atoms with E-state index in [1.807, 2.05) is 5.32 Å². The first-order valence-electron chi connectivity index (χ1n) is 5.57. The summed E-state index contributed by atoms with van der Waals surface area (Å²) in [5, 5.41) is 4.61. The molecule has 0 aliphatic heterocycles. The van der Waals surface area contributed by atoms with E-state index in [2.05, 4.69) is 5.32 Å². The number of halogens is 3. The molecule has 1 rings (SSSR count). The van der Waals surface area contributed by atoms with Crippen LogP contribution < -0.4 is 15.4 Å². The minimum atomic E-state index is -4.41. The third-order valence-corrected chi connectivity index (χ3v) is 2.31. The topological polar surface area (TPSA) is 50.4 Å². The lowest BCUT2D eigenvalue weighted by Gasteiger charge is -2.16. The van der Waals surface area contributed by atoms with Crippen LogP contribution in [0.3, 0.4) is 0 Å². The van der Waals surface area contributed by atoms with Crippen molar-refractivity contribution in [2.24, 2.45) is 0 Å². The van der Waals surface area contributed by atoms with Gasteiger partial charge < -0.3 is 15.4 Å². The normalized spacial score (nSPS) is 12.7. The van der Waals surface area contributed by atoms with Crippen molar-refractivity contribution in [3.63, 3.8) is 0 Å². The fourth-order valence-corrected chi connectivity index (χ4v) is 1.37. The largest absolute Gasteiger partial charge is 0.497 e. The van der Waals surface area contributed by atoms with Gasteiger partial charge >= 0.3 is 6.18 Å². The lowest BCUT2D eigenvalue weighted by molar-refractivity contribution is -0.138. The van der Waals surface area contributed by atoms with Crippen LogP contribution in [0.1, 0.15) is 6.92 Å². The molecule has 0 radical (unpaired) electrons. The van der Waals surface area contributed by atoms with Gasteiger partial charge in [0, 0.05) is 11.8 Å². The Labute approximate surface area is 108 Å². The summed E-state index contributed by atoms with van der Waals surface area (Å²) in [6.07, 6.45) is -4.41. The Morgan fingerprint density at radius 1 is 1.42 bits per heavy atom. The number of hydrogen-bond acceptors (Lipinski definition) is 3. The Bertz CT molecular complexity index is 435. The van der Waals surface area contributed by atoms with E-state index in [1.54, 1.807) is 24.3 Å². The Hall–Kier alpha value is -1.92. The van der Waals surface area contributed by atoms with Crippen molar-refractivity contribution < 1.29 is 22.7 Å². The molecule has 1 amide bonds. The molecule has 0 saturated carbocycles. The van der Waals surface area contributed by atoms with Crippen molar-refractivity contribution in [3.05, 3.63) is 24.3 Å². The second kappa shape index (κ2) is 6.31. The number of anilines is 1. The molecule has 1 aromatic rings. The van der Waals surface area contributed by atoms with Gasteiger partial charge in [-0.2, -0.15) is 13.2 Å². The van der Waals surface area contributed by atoms with E-state index < -0.39 is 24.7 Å². The number of methoxy groups -OCH3 is 1. The zero-order chi connectivity index (χ0) is 14.5. The molecular weight excluding hydrogens is 261 g/mol. The highest BCUT2D eigenvalue weighted by molar-refractivity contribution is 5.84. The summed E-state index contributed by atoms with van der Waals surface area (Å²) in [5.41, 5.74) is 0.592. The van der Waals surface area contributed by atoms with Gasteiger partial charge in [0.1, 0.15) is 18.3 Å². The summed E-state index contributed by atoms with van der Waals surface area (Å²) in [6, 6.07) is 5.99. The molecule has 7 heteroatoms. The van der Waals surface area contributed by atoms with Crippen molar-refractivity contribution in [2.45, 2.75) is 19.1 Å². The third kappa shape index (κ3) is 5.50. The molecule has 0 aliphatic rings. The molecule has 1 aromatic carbocycles. The van der Waals surface area contributed by atoms with Crippen LogP contribution in [-0.4, -0.2) is 31.8 Å². The van der Waals surface area contributed by atoms with E-state index in [9.17, 15) is 18.0 Å². The molecule has 1 unspecified atom stereocenters. The summed E-state index contributed by atoms with van der Waals surface area (Å²) in [7, 11) is 1.50. The first-order valence-corrected chi connectivity index (χ1v) is 5.57. The van der Waals surface area contributed by atoms with Crippen LogP contribution >= 0.6 is 0 Å². The summed E-state index contributed by atoms with van der Waals surface area (Å²) < 4.78 is 40.9. The van der Waals surface area contributed by atoms with E-state index in [4.69, 9.17) is 4.74 Å². The summed E-state index contributed by atoms with van der Waals surface area (Å²) in [5.74, 6) is -0.131. The minimum Gasteiger partial charge on any atom is -0.497 e. The summed E-state index contributed by atoms with van der Waals surface area (Å²) in [6.45, 7) is 0.140. The van der Waals surface area contributed by atoms with Gasteiger partial charge in [-0.15, -0.1) is 0 Å². The zero-order valence-corrected chi connectivity index (χ0v) is 10.5. The number of ether oxygens (including phenoxy) is 1. The molecular formula is C12H15F3N2O2. The number of rotatable bonds is 5. The van der Waals surface area contributed by atoms with Gasteiger partial charge in [0.05, 0.1) is 7.11 Å². The highest BCUT2D eigenvalue weighted by Crippen LogP contribution is 2.17. The molecule has 0 heterocycles. The fourth-order valence-electron chi connectivity index (χ4n) is 1.37. The quantitative estimate of drug-likeness (QED) is 0.866. The van der Waals surface area contributed by atoms with Crippen LogP contribution in [0.25, 0.3) is 0 Å². The maximum absolute atomic E-state index is 12.0. The van der Waals surface area contributed by atoms with Crippen LogP contribution in [0.15, 0.2) is 24.3 Å². The van der Waals surface area contributed by atoms with E-state index in [1.165, 1.54) is 14.0 Å². The van der Waals surface area contributed by atoms with Crippen LogP contribution in [0.5, 0.6) is 5.75 Å². The molecule has 2 N–H and O–H groups in total. The molecule has 0 bridgehead atoms. The lowest BCUT2D eigenvalue weighted by atomic mass is 10.2. The van der Waals surface area contributed by atoms with Crippen molar-refractivity contribution in [3.8, 4) is 5.75 Å². The van der Waals surface area contributed by atoms with E-state index in [0.29, 0.717) is 11.4 Å². The van der Waals surface area contributed by atoms with Crippen LogP contribution in [0, 0.1) is 0 Å². The number of amides is 1. The first-order chi connectivity index (χ1) is 8.81. The van der Waals surface area contributed by atoms with Crippen LogP contribution in [0.2, 0.25) is 0 Å². The molecule has 4 nitrogen and oxygen atoms in total. The van der Waals surface area contributed by atoms with Crippen LogP contribution in [0.4, 0.5) is 18.9 Å². The van der Waals surface area contributed by atoms with Gasteiger partial charge in [0.15, 0.2) is 0 Å². The summed E-state index contributed by atoms with van der Waals surface area (Å²) in [4.78, 5) is 11.4. The predicted octanol–water partition coefficient (Wildman–Crippen LogP) is 2.17. The number of nitrogens with one attached hydrogen (secondary N) is 2. The van der Waals surface area contributed by atoms with Crippen molar-refractivity contribution in [2.75, 3.05) is 19.0 Å². The maximum atomic E-state index is 12.0. The monoisotopic (exact) mass is 276 g/mol. The molecule has 0 spiro atoms. The second-order valence-electron chi connectivity index (χ2n) is 3.93. The van der Waals surface area contributed by atoms with Gasteiger partial charge in [-0.05, 0) is 19.1 Å². The maximum Gasteiger partial charge on any atom is 0.405 e. The average molecular weight is 276 g/mol. The van der Waals surface area contributed by atoms with Crippen LogP contribution in [-0.2, 0) is 4.79 Å². The molecule has 0 saturated heterocycles. The molecule has 0 aliphatic carbocycles. The predicted molar refractivity (Wildman–Crippen MR) is 65.1 cm³/mol. The molecule has 0 aromatic heterocycles. The van der Waals surface area contributed by atoms with E-state index in [-0.39, 0.29) is 0 Å². The molecule has 19 heavy (non-hydrogen) atoms. The highest BCUT2D eigenvalue weighted by Gasteiger charge is 2.28. The molecule has 1 atom stereocenters. The van der Waals surface area contributed by atoms with Gasteiger partial charge in [0.25, 0.3) is 0 Å². The van der Waals surface area contributed by atoms with Crippen molar-refractivity contribution in [1.29, 1.82) is 0 Å². The SMILES string of the molecule is COc1cccc(NC(C)C(=O)NCC(F)(F)F)c1. The standard InChI is InChI=1S/C12H15F3N2O2/c1-8(11(18)16-7-12(13,14)15)17-9-4-3-5-10(6-9)19-2/h3-6,8,17H,7H2,1-2H3,(H,16,18). The van der Waals surface area contributed by atoms with Crippen molar-refractivity contribution >= 4 is 11.6 Å². The molecule has 106 valence electrons. The minimum absolute atomic E-state index is 0.591. The number of carbonyl (C=O) groups is 1. The van der Waals surface area contributed by atoms with E-state index in [0.717, 1.165) is 0 Å². The van der Waals surface area contributed by atoms with Gasteiger partial charge in [-0.3, -0.25) is 4.79 Å². The highest BCUT2D eigenvalue weighted by atomic mass is 19.4. The van der Waals surface area contributed by atoms with Gasteiger partial charge in [-0.25, -0.2) is 0 Å². The third-order valence-electron chi connectivity index (χ3n) is 2.31. The number of alkyl halides is 3.